The predicted octanol–water partition coefficient (Wildman–Crippen LogP) is 1.55. The molecule has 1 atom stereocenters. The quantitative estimate of drug-likeness (QED) is 0.727. The number of hydrogen-bond acceptors (Lipinski definition) is 4. The zero-order valence-corrected chi connectivity index (χ0v) is 9.09. The molecule has 0 bridgehead atoms. The molecule has 1 fully saturated rings. The van der Waals surface area contributed by atoms with Crippen LogP contribution in [0.1, 0.15) is 18.5 Å². The molecule has 0 radical (unpaired) electrons. The van der Waals surface area contributed by atoms with Crippen molar-refractivity contribution in [1.29, 1.82) is 0 Å². The molecule has 1 aliphatic heterocycles. The van der Waals surface area contributed by atoms with E-state index in [2.05, 4.69) is 4.98 Å². The largest absolute Gasteiger partial charge is 0.459 e. The minimum atomic E-state index is -0.176. The molecule has 2 rings (SSSR count). The lowest BCUT2D eigenvalue weighted by Crippen LogP contribution is -2.26. The summed E-state index contributed by atoms with van der Waals surface area (Å²) in [5, 5.41) is 0. The maximum atomic E-state index is 11.6. The van der Waals surface area contributed by atoms with Gasteiger partial charge in [-0.3, -0.25) is 9.78 Å². The molecular weight excluding hydrogens is 206 g/mol. The number of aromatic nitrogens is 1. The van der Waals surface area contributed by atoms with Crippen molar-refractivity contribution in [3.8, 4) is 0 Å². The van der Waals surface area contributed by atoms with Gasteiger partial charge >= 0.3 is 5.97 Å². The third kappa shape index (κ3) is 3.03. The molecule has 1 unspecified atom stereocenters. The lowest BCUT2D eigenvalue weighted by Gasteiger charge is -2.20. The van der Waals surface area contributed by atoms with E-state index in [-0.39, 0.29) is 18.5 Å². The number of hydrogen-bond donors (Lipinski definition) is 0. The Labute approximate surface area is 94.6 Å². The van der Waals surface area contributed by atoms with Gasteiger partial charge in [-0.1, -0.05) is 6.07 Å². The van der Waals surface area contributed by atoms with Gasteiger partial charge in [-0.2, -0.15) is 0 Å². The molecule has 0 aliphatic carbocycles. The molecule has 16 heavy (non-hydrogen) atoms. The summed E-state index contributed by atoms with van der Waals surface area (Å²) in [5.74, 6) is -0.275. The first-order chi connectivity index (χ1) is 7.86. The first-order valence-corrected chi connectivity index (χ1v) is 5.50. The fraction of sp³-hybridized carbons (Fsp3) is 0.500. The average molecular weight is 221 g/mol. The molecule has 1 aliphatic rings. The van der Waals surface area contributed by atoms with Crippen molar-refractivity contribution in [2.45, 2.75) is 19.4 Å². The van der Waals surface area contributed by atoms with Gasteiger partial charge in [-0.05, 0) is 25.0 Å². The maximum absolute atomic E-state index is 11.6. The van der Waals surface area contributed by atoms with Crippen LogP contribution in [-0.4, -0.2) is 24.2 Å². The Morgan fingerprint density at radius 1 is 1.56 bits per heavy atom. The van der Waals surface area contributed by atoms with Gasteiger partial charge < -0.3 is 9.47 Å². The van der Waals surface area contributed by atoms with Gasteiger partial charge in [0.25, 0.3) is 0 Å². The number of carbonyl (C=O) groups is 1. The van der Waals surface area contributed by atoms with Crippen molar-refractivity contribution in [3.63, 3.8) is 0 Å². The molecule has 1 aromatic heterocycles. The van der Waals surface area contributed by atoms with Gasteiger partial charge in [0.1, 0.15) is 6.61 Å². The van der Waals surface area contributed by atoms with Crippen LogP contribution in [0.25, 0.3) is 0 Å². The van der Waals surface area contributed by atoms with E-state index in [1.54, 1.807) is 6.20 Å². The van der Waals surface area contributed by atoms with Crippen LogP contribution in [0.3, 0.4) is 0 Å². The van der Waals surface area contributed by atoms with Crippen molar-refractivity contribution in [1.82, 2.24) is 4.98 Å². The van der Waals surface area contributed by atoms with Crippen molar-refractivity contribution < 1.29 is 14.3 Å². The summed E-state index contributed by atoms with van der Waals surface area (Å²) < 4.78 is 10.4. The highest BCUT2D eigenvalue weighted by atomic mass is 16.5. The van der Waals surface area contributed by atoms with E-state index < -0.39 is 0 Å². The zero-order chi connectivity index (χ0) is 11.2. The predicted molar refractivity (Wildman–Crippen MR) is 57.6 cm³/mol. The monoisotopic (exact) mass is 221 g/mol. The number of nitrogens with zero attached hydrogens (tertiary/aromatic N) is 1. The Balaban J connectivity index is 1.79. The van der Waals surface area contributed by atoms with Crippen LogP contribution in [0.5, 0.6) is 0 Å². The Morgan fingerprint density at radius 3 is 3.19 bits per heavy atom. The smallest absolute Gasteiger partial charge is 0.311 e. The number of pyridine rings is 1. The van der Waals surface area contributed by atoms with Crippen LogP contribution in [-0.2, 0) is 20.9 Å². The molecule has 0 saturated carbocycles. The summed E-state index contributed by atoms with van der Waals surface area (Å²) in [4.78, 5) is 15.7. The second kappa shape index (κ2) is 5.61. The van der Waals surface area contributed by atoms with Crippen LogP contribution < -0.4 is 0 Å². The number of esters is 1. The van der Waals surface area contributed by atoms with E-state index in [4.69, 9.17) is 9.47 Å². The molecule has 0 aromatic carbocycles. The number of rotatable bonds is 3. The maximum Gasteiger partial charge on any atom is 0.311 e. The van der Waals surface area contributed by atoms with Crippen LogP contribution in [0.2, 0.25) is 0 Å². The lowest BCUT2D eigenvalue weighted by molar-refractivity contribution is -0.154. The summed E-state index contributed by atoms with van der Waals surface area (Å²) in [6, 6.07) is 5.55. The van der Waals surface area contributed by atoms with E-state index in [1.165, 1.54) is 0 Å². The molecule has 1 saturated heterocycles. The van der Waals surface area contributed by atoms with E-state index in [0.717, 1.165) is 25.1 Å². The Hall–Kier alpha value is -1.42. The van der Waals surface area contributed by atoms with E-state index in [1.807, 2.05) is 18.2 Å². The summed E-state index contributed by atoms with van der Waals surface area (Å²) in [7, 11) is 0. The first kappa shape index (κ1) is 11.1. The highest BCUT2D eigenvalue weighted by molar-refractivity contribution is 5.72. The summed E-state index contributed by atoms with van der Waals surface area (Å²) in [6.07, 6.45) is 3.48. The second-order valence-electron chi connectivity index (χ2n) is 3.84. The molecule has 1 aromatic rings. The van der Waals surface area contributed by atoms with Crippen LogP contribution in [0.15, 0.2) is 24.4 Å². The first-order valence-electron chi connectivity index (χ1n) is 5.50. The van der Waals surface area contributed by atoms with Crippen molar-refractivity contribution in [2.24, 2.45) is 5.92 Å². The standard InChI is InChI=1S/C12H15NO3/c14-12(10-4-3-7-15-8-10)16-9-11-5-1-2-6-13-11/h1-2,5-6,10H,3-4,7-9H2. The molecular formula is C12H15NO3. The molecule has 0 spiro atoms. The van der Waals surface area contributed by atoms with Gasteiger partial charge in [0, 0.05) is 12.8 Å². The van der Waals surface area contributed by atoms with Crippen LogP contribution in [0, 0.1) is 5.92 Å². The van der Waals surface area contributed by atoms with Gasteiger partial charge in [0.05, 0.1) is 18.2 Å². The fourth-order valence-electron chi connectivity index (χ4n) is 1.67. The molecule has 4 nitrogen and oxygen atoms in total. The second-order valence-corrected chi connectivity index (χ2v) is 3.84. The molecule has 0 amide bonds. The van der Waals surface area contributed by atoms with Gasteiger partial charge in [0.15, 0.2) is 0 Å². The van der Waals surface area contributed by atoms with Gasteiger partial charge in [-0.15, -0.1) is 0 Å². The Bertz CT molecular complexity index is 333. The van der Waals surface area contributed by atoms with Crippen LogP contribution in [0.4, 0.5) is 0 Å². The van der Waals surface area contributed by atoms with E-state index >= 15 is 0 Å². The van der Waals surface area contributed by atoms with Crippen molar-refractivity contribution >= 4 is 5.97 Å². The molecule has 2 heterocycles. The van der Waals surface area contributed by atoms with Gasteiger partial charge in [0.2, 0.25) is 0 Å². The minimum absolute atomic E-state index is 0.0996. The highest BCUT2D eigenvalue weighted by Crippen LogP contribution is 2.15. The van der Waals surface area contributed by atoms with E-state index in [9.17, 15) is 4.79 Å². The van der Waals surface area contributed by atoms with Crippen molar-refractivity contribution in [3.05, 3.63) is 30.1 Å². The Kier molecular flexibility index (Phi) is 3.88. The average Bonchev–Trinajstić information content (AvgIpc) is 2.38. The topological polar surface area (TPSA) is 48.4 Å². The third-order valence-electron chi connectivity index (χ3n) is 2.58. The summed E-state index contributed by atoms with van der Waals surface area (Å²) >= 11 is 0. The van der Waals surface area contributed by atoms with Crippen LogP contribution >= 0.6 is 0 Å². The number of carbonyl (C=O) groups excluding carboxylic acids is 1. The van der Waals surface area contributed by atoms with Crippen molar-refractivity contribution in [2.75, 3.05) is 13.2 Å². The normalized spacial score (nSPS) is 20.4. The summed E-state index contributed by atoms with van der Waals surface area (Å²) in [5.41, 5.74) is 0.771. The Morgan fingerprint density at radius 2 is 2.50 bits per heavy atom. The van der Waals surface area contributed by atoms with E-state index in [0.29, 0.717) is 6.61 Å². The third-order valence-corrected chi connectivity index (χ3v) is 2.58. The summed E-state index contributed by atoms with van der Waals surface area (Å²) in [6.45, 7) is 1.49. The minimum Gasteiger partial charge on any atom is -0.459 e. The number of ether oxygens (including phenoxy) is 2. The molecule has 4 heteroatoms. The zero-order valence-electron chi connectivity index (χ0n) is 9.09. The lowest BCUT2D eigenvalue weighted by atomic mass is 10.0. The highest BCUT2D eigenvalue weighted by Gasteiger charge is 2.23. The van der Waals surface area contributed by atoms with Gasteiger partial charge in [-0.25, -0.2) is 0 Å². The molecule has 86 valence electrons. The molecule has 0 N–H and O–H groups in total. The SMILES string of the molecule is O=C(OCc1ccccn1)C1CCCOC1. The fourth-order valence-corrected chi connectivity index (χ4v) is 1.67.